The highest BCUT2D eigenvalue weighted by molar-refractivity contribution is 7.14. The van der Waals surface area contributed by atoms with E-state index in [1.807, 2.05) is 0 Å². The predicted molar refractivity (Wildman–Crippen MR) is 91.0 cm³/mol. The van der Waals surface area contributed by atoms with Crippen LogP contribution in [0.1, 0.15) is 20.8 Å². The van der Waals surface area contributed by atoms with Crippen molar-refractivity contribution in [1.82, 2.24) is 9.97 Å². The first-order valence-corrected chi connectivity index (χ1v) is 8.12. The van der Waals surface area contributed by atoms with Gasteiger partial charge in [0, 0.05) is 17.1 Å². The summed E-state index contributed by atoms with van der Waals surface area (Å²) < 4.78 is 31.6. The number of nitrogens with one attached hydrogen (secondary N) is 1. The number of hydrogen-bond donors (Lipinski definition) is 1. The Bertz CT molecular complexity index is 974. The number of esters is 1. The van der Waals surface area contributed by atoms with Gasteiger partial charge in [0.15, 0.2) is 5.13 Å². The number of pyridine rings is 1. The predicted octanol–water partition coefficient (Wildman–Crippen LogP) is 3.52. The Morgan fingerprint density at radius 2 is 2.00 bits per heavy atom. The average molecular weight is 375 g/mol. The zero-order chi connectivity index (χ0) is 18.7. The first kappa shape index (κ1) is 17.6. The van der Waals surface area contributed by atoms with Crippen LogP contribution in [0.3, 0.4) is 0 Å². The van der Waals surface area contributed by atoms with E-state index in [2.05, 4.69) is 20.0 Å². The first-order chi connectivity index (χ1) is 12.5. The second-order valence-corrected chi connectivity index (χ2v) is 5.90. The Morgan fingerprint density at radius 1 is 1.19 bits per heavy atom. The lowest BCUT2D eigenvalue weighted by atomic mass is 10.1. The second kappa shape index (κ2) is 7.36. The molecule has 132 valence electrons. The van der Waals surface area contributed by atoms with E-state index in [1.165, 1.54) is 30.8 Å². The van der Waals surface area contributed by atoms with Gasteiger partial charge in [0.2, 0.25) is 0 Å². The summed E-state index contributed by atoms with van der Waals surface area (Å²) in [7, 11) is 1.24. The van der Waals surface area contributed by atoms with Crippen LogP contribution in [0.25, 0.3) is 11.3 Å². The smallest absolute Gasteiger partial charge is 0.339 e. The highest BCUT2D eigenvalue weighted by atomic mass is 32.1. The van der Waals surface area contributed by atoms with E-state index in [1.54, 1.807) is 0 Å². The van der Waals surface area contributed by atoms with Crippen molar-refractivity contribution in [3.63, 3.8) is 0 Å². The lowest BCUT2D eigenvalue weighted by Gasteiger charge is -2.03. The maximum atomic E-state index is 13.8. The SMILES string of the molecule is COC(=O)c1ccc(C(=O)Nc2nc(-c3cc(F)ccc3F)cs2)nc1. The van der Waals surface area contributed by atoms with Gasteiger partial charge in [-0.25, -0.2) is 18.6 Å². The Morgan fingerprint density at radius 3 is 2.69 bits per heavy atom. The fourth-order valence-electron chi connectivity index (χ4n) is 2.08. The Balaban J connectivity index is 1.75. The van der Waals surface area contributed by atoms with Crippen LogP contribution in [0.5, 0.6) is 0 Å². The molecule has 1 amide bonds. The minimum absolute atomic E-state index is 0.00213. The zero-order valence-corrected chi connectivity index (χ0v) is 14.1. The van der Waals surface area contributed by atoms with Crippen LogP contribution in [-0.2, 0) is 4.74 Å². The van der Waals surface area contributed by atoms with Crippen molar-refractivity contribution in [1.29, 1.82) is 0 Å². The first-order valence-electron chi connectivity index (χ1n) is 7.24. The Hall–Kier alpha value is -3.20. The fourth-order valence-corrected chi connectivity index (χ4v) is 2.78. The van der Waals surface area contributed by atoms with E-state index in [0.29, 0.717) is 0 Å². The van der Waals surface area contributed by atoms with Crippen LogP contribution >= 0.6 is 11.3 Å². The van der Waals surface area contributed by atoms with Gasteiger partial charge < -0.3 is 4.74 Å². The minimum Gasteiger partial charge on any atom is -0.465 e. The quantitative estimate of drug-likeness (QED) is 0.706. The van der Waals surface area contributed by atoms with Crippen molar-refractivity contribution in [2.75, 3.05) is 12.4 Å². The molecule has 0 bridgehead atoms. The minimum atomic E-state index is -0.616. The summed E-state index contributed by atoms with van der Waals surface area (Å²) in [6.07, 6.45) is 1.22. The molecule has 0 aliphatic heterocycles. The molecule has 3 aromatic rings. The molecule has 0 unspecified atom stereocenters. The molecule has 0 aliphatic carbocycles. The van der Waals surface area contributed by atoms with Gasteiger partial charge in [-0.2, -0.15) is 0 Å². The van der Waals surface area contributed by atoms with Crippen molar-refractivity contribution in [3.05, 3.63) is 64.8 Å². The van der Waals surface area contributed by atoms with Crippen LogP contribution in [-0.4, -0.2) is 29.0 Å². The number of anilines is 1. The zero-order valence-electron chi connectivity index (χ0n) is 13.3. The number of rotatable bonds is 4. The molecule has 0 spiro atoms. The van der Waals surface area contributed by atoms with Gasteiger partial charge >= 0.3 is 5.97 Å². The molecule has 9 heteroatoms. The standard InChI is InChI=1S/C17H11F2N3O3S/c1-25-16(24)9-2-5-13(20-7-9)15(23)22-17-21-14(8-26-17)11-6-10(18)3-4-12(11)19/h2-8H,1H3,(H,21,22,23). The molecule has 0 fully saturated rings. The average Bonchev–Trinajstić information content (AvgIpc) is 3.11. The van der Waals surface area contributed by atoms with Gasteiger partial charge in [-0.15, -0.1) is 11.3 Å². The van der Waals surface area contributed by atoms with Crippen molar-refractivity contribution < 1.29 is 23.1 Å². The number of amides is 1. The second-order valence-electron chi connectivity index (χ2n) is 5.04. The van der Waals surface area contributed by atoms with Crippen LogP contribution in [0, 0.1) is 11.6 Å². The number of carbonyl (C=O) groups is 2. The van der Waals surface area contributed by atoms with E-state index >= 15 is 0 Å². The molecule has 2 heterocycles. The van der Waals surface area contributed by atoms with Gasteiger partial charge in [0.05, 0.1) is 18.4 Å². The maximum absolute atomic E-state index is 13.8. The van der Waals surface area contributed by atoms with E-state index in [-0.39, 0.29) is 27.6 Å². The van der Waals surface area contributed by atoms with Crippen LogP contribution in [0.4, 0.5) is 13.9 Å². The molecule has 6 nitrogen and oxygen atoms in total. The Labute approximate surface area is 150 Å². The lowest BCUT2D eigenvalue weighted by Crippen LogP contribution is -2.14. The van der Waals surface area contributed by atoms with Gasteiger partial charge in [0.1, 0.15) is 17.3 Å². The fraction of sp³-hybridized carbons (Fsp3) is 0.0588. The van der Waals surface area contributed by atoms with E-state index < -0.39 is 23.5 Å². The maximum Gasteiger partial charge on any atom is 0.339 e. The third kappa shape index (κ3) is 3.72. The number of carbonyl (C=O) groups excluding carboxylic acids is 2. The van der Waals surface area contributed by atoms with Gasteiger partial charge in [-0.1, -0.05) is 0 Å². The molecule has 0 atom stereocenters. The van der Waals surface area contributed by atoms with E-state index in [9.17, 15) is 18.4 Å². The summed E-state index contributed by atoms with van der Waals surface area (Å²) >= 11 is 1.06. The highest BCUT2D eigenvalue weighted by Gasteiger charge is 2.14. The molecule has 0 saturated heterocycles. The van der Waals surface area contributed by atoms with E-state index in [0.717, 1.165) is 29.5 Å². The number of halogens is 2. The molecule has 3 rings (SSSR count). The van der Waals surface area contributed by atoms with Crippen molar-refractivity contribution in [3.8, 4) is 11.3 Å². The summed E-state index contributed by atoms with van der Waals surface area (Å²) in [5.74, 6) is -2.32. The third-order valence-electron chi connectivity index (χ3n) is 3.35. The lowest BCUT2D eigenvalue weighted by molar-refractivity contribution is 0.0600. The van der Waals surface area contributed by atoms with Crippen molar-refractivity contribution in [2.45, 2.75) is 0 Å². The van der Waals surface area contributed by atoms with Gasteiger partial charge in [-0.05, 0) is 30.3 Å². The third-order valence-corrected chi connectivity index (χ3v) is 4.10. The van der Waals surface area contributed by atoms with Gasteiger partial charge in [0.25, 0.3) is 5.91 Å². The molecule has 0 radical (unpaired) electrons. The molecule has 2 aromatic heterocycles. The molecule has 0 aliphatic rings. The molecular formula is C17H11F2N3O3S. The molecule has 1 aromatic carbocycles. The number of methoxy groups -OCH3 is 1. The van der Waals surface area contributed by atoms with Crippen LogP contribution < -0.4 is 5.32 Å². The largest absolute Gasteiger partial charge is 0.465 e. The number of thiazole rings is 1. The Kier molecular flexibility index (Phi) is 4.99. The molecule has 1 N–H and O–H groups in total. The summed E-state index contributed by atoms with van der Waals surface area (Å²) in [6.45, 7) is 0. The summed E-state index contributed by atoms with van der Waals surface area (Å²) in [4.78, 5) is 31.5. The molecular weight excluding hydrogens is 364 g/mol. The number of benzene rings is 1. The molecule has 26 heavy (non-hydrogen) atoms. The topological polar surface area (TPSA) is 81.2 Å². The number of ether oxygens (including phenoxy) is 1. The monoisotopic (exact) mass is 375 g/mol. The van der Waals surface area contributed by atoms with Gasteiger partial charge in [-0.3, -0.25) is 15.1 Å². The van der Waals surface area contributed by atoms with Crippen LogP contribution in [0.15, 0.2) is 41.9 Å². The number of aromatic nitrogens is 2. The van der Waals surface area contributed by atoms with Crippen molar-refractivity contribution >= 4 is 28.3 Å². The van der Waals surface area contributed by atoms with E-state index in [4.69, 9.17) is 0 Å². The normalized spacial score (nSPS) is 10.4. The summed E-state index contributed by atoms with van der Waals surface area (Å²) in [6, 6.07) is 5.82. The van der Waals surface area contributed by atoms with Crippen molar-refractivity contribution in [2.24, 2.45) is 0 Å². The summed E-state index contributed by atoms with van der Waals surface area (Å²) in [5, 5.41) is 4.22. The van der Waals surface area contributed by atoms with Crippen LogP contribution in [0.2, 0.25) is 0 Å². The summed E-state index contributed by atoms with van der Waals surface area (Å²) in [5.41, 5.74) is 0.479. The number of nitrogens with zero attached hydrogens (tertiary/aromatic N) is 2. The highest BCUT2D eigenvalue weighted by Crippen LogP contribution is 2.27. The number of hydrogen-bond acceptors (Lipinski definition) is 6. The molecule has 0 saturated carbocycles.